The normalized spacial score (nSPS) is 15.8. The molecule has 0 radical (unpaired) electrons. The van der Waals surface area contributed by atoms with Crippen molar-refractivity contribution in [1.29, 1.82) is 0 Å². The Balaban J connectivity index is 1.62. The van der Waals surface area contributed by atoms with Crippen molar-refractivity contribution in [1.82, 2.24) is 15.6 Å². The van der Waals surface area contributed by atoms with Crippen LogP contribution in [0.3, 0.4) is 0 Å². The molecule has 27 heavy (non-hydrogen) atoms. The van der Waals surface area contributed by atoms with E-state index in [1.165, 1.54) is 18.4 Å². The first kappa shape index (κ1) is 18.5. The Morgan fingerprint density at radius 3 is 2.78 bits per heavy atom. The molecule has 4 N–H and O–H groups in total. The highest BCUT2D eigenvalue weighted by Crippen LogP contribution is 2.20. The molecule has 9 nitrogen and oxygen atoms in total. The monoisotopic (exact) mass is 387 g/mol. The molecule has 3 rings (SSSR count). The Morgan fingerprint density at radius 1 is 1.22 bits per heavy atom. The number of hydrogen-bond acceptors (Lipinski definition) is 6. The van der Waals surface area contributed by atoms with Gasteiger partial charge in [0.1, 0.15) is 6.04 Å². The van der Waals surface area contributed by atoms with Crippen LogP contribution >= 0.6 is 11.3 Å². The second kappa shape index (κ2) is 7.96. The lowest BCUT2D eigenvalue weighted by Gasteiger charge is -2.13. The van der Waals surface area contributed by atoms with Gasteiger partial charge in [-0.3, -0.25) is 19.2 Å². The van der Waals surface area contributed by atoms with Gasteiger partial charge in [0.15, 0.2) is 5.13 Å². The van der Waals surface area contributed by atoms with Gasteiger partial charge in [-0.15, -0.1) is 11.3 Å². The second-order valence-electron chi connectivity index (χ2n) is 5.81. The number of benzene rings is 1. The predicted octanol–water partition coefficient (Wildman–Crippen LogP) is 0.511. The van der Waals surface area contributed by atoms with Gasteiger partial charge in [0.25, 0.3) is 5.91 Å². The first-order valence-corrected chi connectivity index (χ1v) is 9.00. The summed E-state index contributed by atoms with van der Waals surface area (Å²) in [5.74, 6) is -1.55. The van der Waals surface area contributed by atoms with E-state index in [0.29, 0.717) is 22.1 Å². The van der Waals surface area contributed by atoms with Crippen molar-refractivity contribution in [3.05, 3.63) is 40.9 Å². The van der Waals surface area contributed by atoms with Gasteiger partial charge in [0, 0.05) is 12.4 Å². The third-order valence-electron chi connectivity index (χ3n) is 3.86. The van der Waals surface area contributed by atoms with E-state index in [9.17, 15) is 19.2 Å². The fraction of sp³-hybridized carbons (Fsp3) is 0.235. The predicted molar refractivity (Wildman–Crippen MR) is 99.5 cm³/mol. The van der Waals surface area contributed by atoms with Gasteiger partial charge in [-0.2, -0.15) is 0 Å². The van der Waals surface area contributed by atoms with E-state index in [4.69, 9.17) is 0 Å². The summed E-state index contributed by atoms with van der Waals surface area (Å²) in [5.41, 5.74) is 1.28. The number of rotatable bonds is 5. The van der Waals surface area contributed by atoms with Crippen LogP contribution in [0.15, 0.2) is 29.6 Å². The highest BCUT2D eigenvalue weighted by molar-refractivity contribution is 7.13. The van der Waals surface area contributed by atoms with Gasteiger partial charge in [0.2, 0.25) is 17.7 Å². The summed E-state index contributed by atoms with van der Waals surface area (Å²) in [4.78, 5) is 52.3. The Hall–Kier alpha value is -3.27. The second-order valence-corrected chi connectivity index (χ2v) is 6.67. The van der Waals surface area contributed by atoms with Crippen LogP contribution in [0.5, 0.6) is 0 Å². The molecule has 10 heteroatoms. The zero-order valence-electron chi connectivity index (χ0n) is 14.4. The summed E-state index contributed by atoms with van der Waals surface area (Å²) in [5, 5.41) is 12.3. The summed E-state index contributed by atoms with van der Waals surface area (Å²) in [6.07, 6.45) is -0.127. The highest BCUT2D eigenvalue weighted by atomic mass is 32.1. The van der Waals surface area contributed by atoms with E-state index in [-0.39, 0.29) is 18.7 Å². The van der Waals surface area contributed by atoms with Crippen molar-refractivity contribution >= 4 is 45.8 Å². The molecule has 2 heterocycles. The number of hydrogen-bond donors (Lipinski definition) is 4. The summed E-state index contributed by atoms with van der Waals surface area (Å²) in [6.45, 7) is 0. The van der Waals surface area contributed by atoms with E-state index in [1.54, 1.807) is 29.6 Å². The summed E-state index contributed by atoms with van der Waals surface area (Å²) < 4.78 is 0. The minimum absolute atomic E-state index is 0.113. The SMILES string of the molecule is CNC(=O)Cc1csc(NC(=O)C[C@H]2NC(=O)c3ccccc3NC2=O)n1. The molecule has 0 aliphatic carbocycles. The van der Waals surface area contributed by atoms with Gasteiger partial charge in [-0.25, -0.2) is 4.98 Å². The van der Waals surface area contributed by atoms with Gasteiger partial charge in [-0.05, 0) is 12.1 Å². The van der Waals surface area contributed by atoms with E-state index >= 15 is 0 Å². The summed E-state index contributed by atoms with van der Waals surface area (Å²) in [6, 6.07) is 5.61. The number of para-hydroxylation sites is 1. The molecule has 1 aliphatic rings. The van der Waals surface area contributed by atoms with E-state index in [2.05, 4.69) is 26.3 Å². The van der Waals surface area contributed by atoms with Crippen LogP contribution in [-0.2, 0) is 20.8 Å². The first-order chi connectivity index (χ1) is 13.0. The highest BCUT2D eigenvalue weighted by Gasteiger charge is 2.29. The van der Waals surface area contributed by atoms with Crippen molar-refractivity contribution < 1.29 is 19.2 Å². The van der Waals surface area contributed by atoms with Gasteiger partial charge in [0.05, 0.1) is 29.8 Å². The number of likely N-dealkylation sites (N-methyl/N-ethyl adjacent to an activating group) is 1. The van der Waals surface area contributed by atoms with Crippen molar-refractivity contribution in [3.8, 4) is 0 Å². The van der Waals surface area contributed by atoms with Crippen LogP contribution in [0.4, 0.5) is 10.8 Å². The molecule has 1 aliphatic heterocycles. The van der Waals surface area contributed by atoms with Crippen molar-refractivity contribution in [2.45, 2.75) is 18.9 Å². The molecule has 2 aromatic rings. The van der Waals surface area contributed by atoms with E-state index in [0.717, 1.165) is 0 Å². The Kier molecular flexibility index (Phi) is 5.46. The van der Waals surface area contributed by atoms with Crippen LogP contribution < -0.4 is 21.3 Å². The first-order valence-electron chi connectivity index (χ1n) is 8.12. The quantitative estimate of drug-likeness (QED) is 0.594. The number of nitrogens with one attached hydrogen (secondary N) is 4. The van der Waals surface area contributed by atoms with Gasteiger partial charge < -0.3 is 21.3 Å². The number of carbonyl (C=O) groups is 4. The molecule has 1 aromatic carbocycles. The molecular formula is C17H17N5O4S. The zero-order chi connectivity index (χ0) is 19.4. The standard InChI is InChI=1S/C17H17N5O4S/c1-18-13(23)6-9-8-27-17(19-9)22-14(24)7-12-16(26)20-11-5-3-2-4-10(11)15(25)21-12/h2-5,8,12H,6-7H2,1H3,(H,18,23)(H,20,26)(H,21,25)(H,19,22,24)/t12-/m1/s1. The average molecular weight is 387 g/mol. The molecular weight excluding hydrogens is 370 g/mol. The summed E-state index contributed by atoms with van der Waals surface area (Å²) >= 11 is 1.18. The number of aromatic nitrogens is 1. The minimum atomic E-state index is -1.00. The van der Waals surface area contributed by atoms with Crippen LogP contribution in [-0.4, -0.2) is 41.7 Å². The maximum absolute atomic E-state index is 12.3. The van der Waals surface area contributed by atoms with Crippen LogP contribution in [0, 0.1) is 0 Å². The molecule has 140 valence electrons. The lowest BCUT2D eigenvalue weighted by molar-refractivity contribution is -0.122. The molecule has 0 bridgehead atoms. The van der Waals surface area contributed by atoms with E-state index in [1.807, 2.05) is 0 Å². The fourth-order valence-corrected chi connectivity index (χ4v) is 3.24. The third-order valence-corrected chi connectivity index (χ3v) is 4.67. The lowest BCUT2D eigenvalue weighted by atomic mass is 10.1. The number of fused-ring (bicyclic) bond motifs is 1. The smallest absolute Gasteiger partial charge is 0.254 e. The fourth-order valence-electron chi connectivity index (χ4n) is 2.51. The zero-order valence-corrected chi connectivity index (χ0v) is 15.2. The number of carbonyl (C=O) groups excluding carboxylic acids is 4. The maximum atomic E-state index is 12.3. The molecule has 4 amide bonds. The number of thiazole rings is 1. The van der Waals surface area contributed by atoms with Crippen LogP contribution in [0.1, 0.15) is 22.5 Å². The van der Waals surface area contributed by atoms with Crippen molar-refractivity contribution in [2.24, 2.45) is 0 Å². The average Bonchev–Trinajstić information content (AvgIpc) is 3.03. The molecule has 0 saturated heterocycles. The molecule has 0 unspecified atom stereocenters. The van der Waals surface area contributed by atoms with Crippen molar-refractivity contribution in [2.75, 3.05) is 17.7 Å². The minimum Gasteiger partial charge on any atom is -0.359 e. The topological polar surface area (TPSA) is 129 Å². The molecule has 0 spiro atoms. The molecule has 1 aromatic heterocycles. The maximum Gasteiger partial charge on any atom is 0.254 e. The van der Waals surface area contributed by atoms with Crippen molar-refractivity contribution in [3.63, 3.8) is 0 Å². The molecule has 1 atom stereocenters. The number of amides is 4. The Bertz CT molecular complexity index is 910. The number of nitrogens with zero attached hydrogens (tertiary/aromatic N) is 1. The van der Waals surface area contributed by atoms with Gasteiger partial charge >= 0.3 is 0 Å². The Morgan fingerprint density at radius 2 is 2.00 bits per heavy atom. The third kappa shape index (κ3) is 4.47. The molecule has 0 saturated carbocycles. The van der Waals surface area contributed by atoms with Gasteiger partial charge in [-0.1, -0.05) is 12.1 Å². The Labute approximate surface area is 158 Å². The van der Waals surface area contributed by atoms with E-state index < -0.39 is 23.8 Å². The lowest BCUT2D eigenvalue weighted by Crippen LogP contribution is -2.43. The summed E-state index contributed by atoms with van der Waals surface area (Å²) in [7, 11) is 1.53. The largest absolute Gasteiger partial charge is 0.359 e. The number of anilines is 2. The molecule has 0 fully saturated rings. The van der Waals surface area contributed by atoms with Crippen LogP contribution in [0.2, 0.25) is 0 Å². The van der Waals surface area contributed by atoms with Crippen LogP contribution in [0.25, 0.3) is 0 Å².